The topological polar surface area (TPSA) is 65.7 Å². The molecule has 0 amide bonds. The van der Waals surface area contributed by atoms with Gasteiger partial charge in [-0.15, -0.1) is 0 Å². The second-order valence-electron chi connectivity index (χ2n) is 5.55. The number of hydrogen-bond donors (Lipinski definition) is 3. The molecule has 1 saturated carbocycles. The molecule has 1 unspecified atom stereocenters. The molecule has 1 aliphatic carbocycles. The van der Waals surface area contributed by atoms with Crippen molar-refractivity contribution < 1.29 is 0 Å². The molecule has 1 rings (SSSR count). The molecule has 18 heavy (non-hydrogen) atoms. The van der Waals surface area contributed by atoms with E-state index in [0.29, 0.717) is 12.1 Å². The lowest BCUT2D eigenvalue weighted by Gasteiger charge is -2.22. The summed E-state index contributed by atoms with van der Waals surface area (Å²) in [5.41, 5.74) is 2.69. The van der Waals surface area contributed by atoms with Crippen LogP contribution in [-0.2, 0) is 0 Å². The fourth-order valence-corrected chi connectivity index (χ4v) is 2.27. The van der Waals surface area contributed by atoms with E-state index in [0.717, 1.165) is 18.9 Å². The third-order valence-corrected chi connectivity index (χ3v) is 3.42. The number of nitrogens with zero attached hydrogens (tertiary/aromatic N) is 2. The Balaban J connectivity index is 2.37. The minimum absolute atomic E-state index is 0.380. The summed E-state index contributed by atoms with van der Waals surface area (Å²) in [6.07, 6.45) is 7.41. The van der Waals surface area contributed by atoms with Gasteiger partial charge in [0.25, 0.3) is 0 Å². The molecule has 0 radical (unpaired) electrons. The number of rotatable bonds is 5. The van der Waals surface area contributed by atoms with Crippen LogP contribution >= 0.6 is 0 Å². The third kappa shape index (κ3) is 6.21. The molecule has 0 spiro atoms. The van der Waals surface area contributed by atoms with Crippen molar-refractivity contribution in [1.29, 1.82) is 0 Å². The van der Waals surface area contributed by atoms with Crippen LogP contribution in [0.3, 0.4) is 0 Å². The molecule has 0 aliphatic heterocycles. The van der Waals surface area contributed by atoms with Crippen molar-refractivity contribution in [3.8, 4) is 0 Å². The fraction of sp³-hybridized carbons (Fsp3) is 0.923. The molecule has 5 nitrogen and oxygen atoms in total. The number of hydrazine groups is 1. The summed E-state index contributed by atoms with van der Waals surface area (Å²) in [6, 6.07) is 0.823. The van der Waals surface area contributed by atoms with Crippen LogP contribution in [0.15, 0.2) is 4.99 Å². The van der Waals surface area contributed by atoms with Gasteiger partial charge in [0, 0.05) is 6.04 Å². The largest absolute Gasteiger partial charge is 0.353 e. The monoisotopic (exact) mass is 255 g/mol. The van der Waals surface area contributed by atoms with Crippen LogP contribution < -0.4 is 16.6 Å². The predicted molar refractivity (Wildman–Crippen MR) is 77.4 cm³/mol. The molecule has 1 atom stereocenters. The maximum absolute atomic E-state index is 5.54. The average Bonchev–Trinajstić information content (AvgIpc) is 2.37. The maximum Gasteiger partial charge on any atom is 0.206 e. The molecule has 5 heteroatoms. The number of aliphatic imine (C=N–C) groups is 1. The predicted octanol–water partition coefficient (Wildman–Crippen LogP) is 1.07. The molecular formula is C13H29N5. The molecule has 0 aromatic carbocycles. The second kappa shape index (κ2) is 8.32. The number of nitrogens with one attached hydrogen (secondary N) is 2. The second-order valence-corrected chi connectivity index (χ2v) is 5.55. The van der Waals surface area contributed by atoms with E-state index in [1.54, 1.807) is 0 Å². The van der Waals surface area contributed by atoms with Gasteiger partial charge >= 0.3 is 0 Å². The Kier molecular flexibility index (Phi) is 7.05. The van der Waals surface area contributed by atoms with Gasteiger partial charge in [-0.25, -0.2) is 10.8 Å². The van der Waals surface area contributed by atoms with E-state index in [-0.39, 0.29) is 0 Å². The van der Waals surface area contributed by atoms with Gasteiger partial charge in [-0.05, 0) is 46.8 Å². The third-order valence-electron chi connectivity index (χ3n) is 3.42. The Hall–Kier alpha value is -0.810. The summed E-state index contributed by atoms with van der Waals surface area (Å²) in [7, 11) is 4.18. The van der Waals surface area contributed by atoms with Crippen molar-refractivity contribution in [2.24, 2.45) is 10.8 Å². The van der Waals surface area contributed by atoms with Gasteiger partial charge in [-0.1, -0.05) is 19.3 Å². The highest BCUT2D eigenvalue weighted by Gasteiger charge is 2.13. The summed E-state index contributed by atoms with van der Waals surface area (Å²) < 4.78 is 0. The van der Waals surface area contributed by atoms with Gasteiger partial charge in [-0.2, -0.15) is 0 Å². The molecule has 1 aliphatic rings. The fourth-order valence-electron chi connectivity index (χ4n) is 2.27. The zero-order valence-corrected chi connectivity index (χ0v) is 12.1. The summed E-state index contributed by atoms with van der Waals surface area (Å²) >= 11 is 0. The van der Waals surface area contributed by atoms with Crippen molar-refractivity contribution >= 4 is 5.96 Å². The van der Waals surface area contributed by atoms with Gasteiger partial charge in [0.15, 0.2) is 0 Å². The highest BCUT2D eigenvalue weighted by molar-refractivity contribution is 5.79. The molecule has 0 aromatic heterocycles. The first kappa shape index (κ1) is 15.2. The van der Waals surface area contributed by atoms with Crippen molar-refractivity contribution in [3.63, 3.8) is 0 Å². The smallest absolute Gasteiger partial charge is 0.206 e. The van der Waals surface area contributed by atoms with Crippen LogP contribution in [0.5, 0.6) is 0 Å². The lowest BCUT2D eigenvalue weighted by atomic mass is 9.96. The Labute approximate surface area is 111 Å². The molecule has 106 valence electrons. The van der Waals surface area contributed by atoms with Crippen LogP contribution in [0.2, 0.25) is 0 Å². The number of nitrogens with two attached hydrogens (primary N) is 1. The zero-order chi connectivity index (χ0) is 13.4. The Bertz CT molecular complexity index is 246. The van der Waals surface area contributed by atoms with Crippen LogP contribution in [0.4, 0.5) is 0 Å². The van der Waals surface area contributed by atoms with Crippen molar-refractivity contribution in [2.45, 2.75) is 57.5 Å². The van der Waals surface area contributed by atoms with Gasteiger partial charge in [0.05, 0.1) is 6.04 Å². The minimum atomic E-state index is 0.380. The lowest BCUT2D eigenvalue weighted by molar-refractivity contribution is 0.377. The van der Waals surface area contributed by atoms with Crippen LogP contribution in [0, 0.1) is 0 Å². The molecule has 0 aromatic rings. The summed E-state index contributed by atoms with van der Waals surface area (Å²) in [6.45, 7) is 3.23. The van der Waals surface area contributed by atoms with Gasteiger partial charge < -0.3 is 10.2 Å². The molecule has 1 fully saturated rings. The van der Waals surface area contributed by atoms with E-state index in [1.165, 1.54) is 32.1 Å². The molecular weight excluding hydrogens is 226 g/mol. The van der Waals surface area contributed by atoms with Crippen molar-refractivity contribution in [1.82, 2.24) is 15.6 Å². The quantitative estimate of drug-likeness (QED) is 0.297. The average molecular weight is 255 g/mol. The SMILES string of the molecule is CC(CCN(C)C)NC(=NC1CCCCC1)NN. The Morgan fingerprint density at radius 2 is 2.00 bits per heavy atom. The van der Waals surface area contributed by atoms with E-state index < -0.39 is 0 Å². The van der Waals surface area contributed by atoms with Gasteiger partial charge in [0.2, 0.25) is 5.96 Å². The van der Waals surface area contributed by atoms with Crippen LogP contribution in [0.25, 0.3) is 0 Å². The van der Waals surface area contributed by atoms with E-state index in [1.807, 2.05) is 0 Å². The number of hydrogen-bond acceptors (Lipinski definition) is 3. The van der Waals surface area contributed by atoms with Crippen molar-refractivity contribution in [3.05, 3.63) is 0 Å². The molecule has 4 N–H and O–H groups in total. The van der Waals surface area contributed by atoms with Gasteiger partial charge in [-0.3, -0.25) is 5.43 Å². The Morgan fingerprint density at radius 1 is 1.33 bits per heavy atom. The van der Waals surface area contributed by atoms with Crippen LogP contribution in [0.1, 0.15) is 45.4 Å². The molecule has 0 saturated heterocycles. The maximum atomic E-state index is 5.54. The summed E-state index contributed by atoms with van der Waals surface area (Å²) in [4.78, 5) is 6.86. The molecule has 0 heterocycles. The van der Waals surface area contributed by atoms with E-state index in [2.05, 4.69) is 41.7 Å². The van der Waals surface area contributed by atoms with E-state index in [4.69, 9.17) is 5.84 Å². The zero-order valence-electron chi connectivity index (χ0n) is 12.1. The normalized spacial score (nSPS) is 19.9. The first-order chi connectivity index (χ1) is 8.61. The highest BCUT2D eigenvalue weighted by Crippen LogP contribution is 2.20. The number of guanidine groups is 1. The van der Waals surface area contributed by atoms with Crippen LogP contribution in [-0.4, -0.2) is 43.6 Å². The van der Waals surface area contributed by atoms with Crippen molar-refractivity contribution in [2.75, 3.05) is 20.6 Å². The van der Waals surface area contributed by atoms with Gasteiger partial charge in [0.1, 0.15) is 0 Å². The minimum Gasteiger partial charge on any atom is -0.353 e. The summed E-state index contributed by atoms with van der Waals surface area (Å²) in [5.74, 6) is 6.28. The first-order valence-electron chi connectivity index (χ1n) is 7.07. The summed E-state index contributed by atoms with van der Waals surface area (Å²) in [5, 5.41) is 3.36. The highest BCUT2D eigenvalue weighted by atomic mass is 15.3. The molecule has 0 bridgehead atoms. The Morgan fingerprint density at radius 3 is 2.56 bits per heavy atom. The first-order valence-corrected chi connectivity index (χ1v) is 7.07. The van der Waals surface area contributed by atoms with E-state index in [9.17, 15) is 0 Å². The standard InChI is InChI=1S/C13H29N5/c1-11(9-10-18(2)3)15-13(17-14)16-12-7-5-4-6-8-12/h11-12H,4-10,14H2,1-3H3,(H2,15,16,17). The lowest BCUT2D eigenvalue weighted by Crippen LogP contribution is -2.46. The van der Waals surface area contributed by atoms with E-state index >= 15 is 0 Å².